The fourth-order valence-corrected chi connectivity index (χ4v) is 1.39. The molecule has 0 radical (unpaired) electrons. The highest BCUT2D eigenvalue weighted by atomic mass is 35.5. The molecule has 1 aromatic heterocycles. The largest absolute Gasteiger partial charge is 0.367 e. The fraction of sp³-hybridized carbons (Fsp3) is 0.600. The fourth-order valence-electron chi connectivity index (χ4n) is 1.26. The number of nitrogens with zero attached hydrogens (tertiary/aromatic N) is 2. The van der Waals surface area contributed by atoms with Crippen molar-refractivity contribution in [3.05, 3.63) is 17.0 Å². The first-order valence-corrected chi connectivity index (χ1v) is 5.30. The molecule has 0 saturated heterocycles. The lowest BCUT2D eigenvalue weighted by molar-refractivity contribution is 0.667. The van der Waals surface area contributed by atoms with Gasteiger partial charge in [-0.2, -0.15) is 0 Å². The van der Waals surface area contributed by atoms with Gasteiger partial charge in [-0.25, -0.2) is 9.97 Å². The minimum atomic E-state index is 0.458. The van der Waals surface area contributed by atoms with E-state index in [-0.39, 0.29) is 0 Å². The minimum absolute atomic E-state index is 0.458. The van der Waals surface area contributed by atoms with Gasteiger partial charge >= 0.3 is 0 Å². The van der Waals surface area contributed by atoms with Crippen LogP contribution < -0.4 is 5.32 Å². The molecular weight excluding hydrogens is 198 g/mol. The minimum Gasteiger partial charge on any atom is -0.367 e. The number of hydrogen-bond acceptors (Lipinski definition) is 3. The molecule has 1 aromatic rings. The molecule has 0 aliphatic heterocycles. The molecule has 4 heteroatoms. The molecule has 3 nitrogen and oxygen atoms in total. The molecule has 1 rings (SSSR count). The number of anilines is 1. The van der Waals surface area contributed by atoms with Gasteiger partial charge in [0, 0.05) is 11.6 Å². The van der Waals surface area contributed by atoms with Crippen LogP contribution in [0.15, 0.2) is 6.33 Å². The van der Waals surface area contributed by atoms with Crippen LogP contribution in [-0.2, 0) is 0 Å². The molecule has 1 heterocycles. The summed E-state index contributed by atoms with van der Waals surface area (Å²) in [7, 11) is 0. The second kappa shape index (κ2) is 5.15. The van der Waals surface area contributed by atoms with Gasteiger partial charge in [-0.3, -0.25) is 0 Å². The summed E-state index contributed by atoms with van der Waals surface area (Å²) in [6.07, 6.45) is 3.65. The molecular formula is C10H16ClN3. The Bertz CT molecular complexity index is 297. The second-order valence-electron chi connectivity index (χ2n) is 3.30. The van der Waals surface area contributed by atoms with E-state index in [2.05, 4.69) is 29.1 Å². The molecule has 0 unspecified atom stereocenters. The van der Waals surface area contributed by atoms with E-state index in [1.54, 1.807) is 0 Å². The standard InChI is InChI=1S/C10H16ClN3/c1-4-8(5-2)14-10-7(3)9(11)12-6-13-10/h6,8H,4-5H2,1-3H3,(H,12,13,14). The molecule has 0 aliphatic rings. The molecule has 0 aliphatic carbocycles. The van der Waals surface area contributed by atoms with E-state index in [9.17, 15) is 0 Å². The first-order chi connectivity index (χ1) is 6.69. The lowest BCUT2D eigenvalue weighted by atomic mass is 10.1. The van der Waals surface area contributed by atoms with E-state index >= 15 is 0 Å². The Kier molecular flexibility index (Phi) is 4.14. The van der Waals surface area contributed by atoms with Crippen molar-refractivity contribution in [2.75, 3.05) is 5.32 Å². The van der Waals surface area contributed by atoms with Crippen LogP contribution in [0.2, 0.25) is 5.15 Å². The summed E-state index contributed by atoms with van der Waals surface area (Å²) in [5.74, 6) is 0.846. The Morgan fingerprint density at radius 1 is 1.36 bits per heavy atom. The highest BCUT2D eigenvalue weighted by Gasteiger charge is 2.08. The van der Waals surface area contributed by atoms with Crippen LogP contribution in [0.25, 0.3) is 0 Å². The third-order valence-corrected chi connectivity index (χ3v) is 2.73. The lowest BCUT2D eigenvalue weighted by Crippen LogP contribution is -2.18. The van der Waals surface area contributed by atoms with E-state index in [1.165, 1.54) is 6.33 Å². The maximum Gasteiger partial charge on any atom is 0.137 e. The number of rotatable bonds is 4. The Hall–Kier alpha value is -0.830. The predicted octanol–water partition coefficient (Wildman–Crippen LogP) is 3.04. The van der Waals surface area contributed by atoms with Gasteiger partial charge < -0.3 is 5.32 Å². The smallest absolute Gasteiger partial charge is 0.137 e. The van der Waals surface area contributed by atoms with Gasteiger partial charge in [-0.05, 0) is 19.8 Å². The first-order valence-electron chi connectivity index (χ1n) is 4.92. The van der Waals surface area contributed by atoms with E-state index in [4.69, 9.17) is 11.6 Å². The highest BCUT2D eigenvalue weighted by molar-refractivity contribution is 6.30. The zero-order valence-corrected chi connectivity index (χ0v) is 9.60. The van der Waals surface area contributed by atoms with Crippen molar-refractivity contribution in [2.24, 2.45) is 0 Å². The van der Waals surface area contributed by atoms with Gasteiger partial charge in [0.15, 0.2) is 0 Å². The number of nitrogens with one attached hydrogen (secondary N) is 1. The Morgan fingerprint density at radius 3 is 2.57 bits per heavy atom. The highest BCUT2D eigenvalue weighted by Crippen LogP contribution is 2.19. The Labute approximate surface area is 89.9 Å². The van der Waals surface area contributed by atoms with Crippen LogP contribution >= 0.6 is 11.6 Å². The van der Waals surface area contributed by atoms with Gasteiger partial charge in [0.1, 0.15) is 17.3 Å². The molecule has 78 valence electrons. The van der Waals surface area contributed by atoms with Gasteiger partial charge in [0.25, 0.3) is 0 Å². The van der Waals surface area contributed by atoms with Crippen LogP contribution in [0.5, 0.6) is 0 Å². The maximum absolute atomic E-state index is 5.89. The van der Waals surface area contributed by atoms with E-state index in [1.807, 2.05) is 6.92 Å². The van der Waals surface area contributed by atoms with Crippen molar-refractivity contribution in [1.82, 2.24) is 9.97 Å². The summed E-state index contributed by atoms with van der Waals surface area (Å²) < 4.78 is 0. The Balaban J connectivity index is 2.80. The number of hydrogen-bond donors (Lipinski definition) is 1. The van der Waals surface area contributed by atoms with Crippen LogP contribution in [0.3, 0.4) is 0 Å². The van der Waals surface area contributed by atoms with Crippen LogP contribution in [-0.4, -0.2) is 16.0 Å². The maximum atomic E-state index is 5.89. The lowest BCUT2D eigenvalue weighted by Gasteiger charge is -2.16. The third kappa shape index (κ3) is 2.58. The van der Waals surface area contributed by atoms with Gasteiger partial charge in [-0.15, -0.1) is 0 Å². The molecule has 1 N–H and O–H groups in total. The monoisotopic (exact) mass is 213 g/mol. The second-order valence-corrected chi connectivity index (χ2v) is 3.65. The molecule has 0 spiro atoms. The summed E-state index contributed by atoms with van der Waals surface area (Å²) in [6, 6.07) is 0.458. The first kappa shape index (κ1) is 11.2. The summed E-state index contributed by atoms with van der Waals surface area (Å²) in [5, 5.41) is 3.87. The average Bonchev–Trinajstić information content (AvgIpc) is 2.20. The van der Waals surface area contributed by atoms with Crippen LogP contribution in [0.4, 0.5) is 5.82 Å². The Morgan fingerprint density at radius 2 is 2.00 bits per heavy atom. The summed E-state index contributed by atoms with van der Waals surface area (Å²) in [5.41, 5.74) is 0.918. The van der Waals surface area contributed by atoms with Crippen molar-refractivity contribution >= 4 is 17.4 Å². The van der Waals surface area contributed by atoms with Crippen LogP contribution in [0, 0.1) is 6.92 Å². The molecule has 0 fully saturated rings. The van der Waals surface area contributed by atoms with E-state index in [0.29, 0.717) is 11.2 Å². The van der Waals surface area contributed by atoms with E-state index in [0.717, 1.165) is 24.2 Å². The molecule has 0 aromatic carbocycles. The SMILES string of the molecule is CCC(CC)Nc1ncnc(Cl)c1C. The van der Waals surface area contributed by atoms with Crippen molar-refractivity contribution in [2.45, 2.75) is 39.7 Å². The summed E-state index contributed by atoms with van der Waals surface area (Å²) >= 11 is 5.89. The van der Waals surface area contributed by atoms with Crippen molar-refractivity contribution < 1.29 is 0 Å². The van der Waals surface area contributed by atoms with Gasteiger partial charge in [-0.1, -0.05) is 25.4 Å². The van der Waals surface area contributed by atoms with Crippen LogP contribution in [0.1, 0.15) is 32.3 Å². The molecule has 14 heavy (non-hydrogen) atoms. The van der Waals surface area contributed by atoms with Crippen molar-refractivity contribution in [3.8, 4) is 0 Å². The van der Waals surface area contributed by atoms with Gasteiger partial charge in [0.2, 0.25) is 0 Å². The van der Waals surface area contributed by atoms with E-state index < -0.39 is 0 Å². The van der Waals surface area contributed by atoms with Crippen molar-refractivity contribution in [1.29, 1.82) is 0 Å². The zero-order valence-electron chi connectivity index (χ0n) is 8.84. The topological polar surface area (TPSA) is 37.8 Å². The molecule has 0 atom stereocenters. The van der Waals surface area contributed by atoms with Crippen molar-refractivity contribution in [3.63, 3.8) is 0 Å². The molecule has 0 bridgehead atoms. The predicted molar refractivity (Wildman–Crippen MR) is 59.8 cm³/mol. The third-order valence-electron chi connectivity index (χ3n) is 2.35. The average molecular weight is 214 g/mol. The number of aromatic nitrogens is 2. The zero-order chi connectivity index (χ0) is 10.6. The molecule has 0 amide bonds. The summed E-state index contributed by atoms with van der Waals surface area (Å²) in [6.45, 7) is 6.23. The number of halogens is 1. The summed E-state index contributed by atoms with van der Waals surface area (Å²) in [4.78, 5) is 8.08. The normalized spacial score (nSPS) is 10.6. The quantitative estimate of drug-likeness (QED) is 0.782. The molecule has 0 saturated carbocycles. The van der Waals surface area contributed by atoms with Gasteiger partial charge in [0.05, 0.1) is 0 Å².